The molecule has 0 heterocycles. The van der Waals surface area contributed by atoms with Gasteiger partial charge in [-0.1, -0.05) is 62.6 Å². The highest BCUT2D eigenvalue weighted by Crippen LogP contribution is 2.17. The molecule has 8 nitrogen and oxygen atoms in total. The van der Waals surface area contributed by atoms with Crippen molar-refractivity contribution in [3.05, 3.63) is 65.2 Å². The number of hydrogen-bond acceptors (Lipinski definition) is 7. The average molecular weight is 600 g/mol. The topological polar surface area (TPSA) is 124 Å². The molecule has 0 fully saturated rings. The van der Waals surface area contributed by atoms with Crippen molar-refractivity contribution in [3.8, 4) is 0 Å². The summed E-state index contributed by atoms with van der Waals surface area (Å²) in [4.78, 5) is 49.1. The van der Waals surface area contributed by atoms with Crippen LogP contribution in [0.25, 0.3) is 0 Å². The fourth-order valence-corrected chi connectivity index (χ4v) is 5.68. The van der Waals surface area contributed by atoms with Gasteiger partial charge in [0.15, 0.2) is 15.6 Å². The van der Waals surface area contributed by atoms with Gasteiger partial charge in [0.2, 0.25) is 5.91 Å². The summed E-state index contributed by atoms with van der Waals surface area (Å²) in [6, 6.07) is 13.5. The average Bonchev–Trinajstić information content (AvgIpc) is 2.92. The predicted octanol–water partition coefficient (Wildman–Crippen LogP) is 5.13. The molecular formula is C33H45NO7S. The molecule has 9 heteroatoms. The molecule has 0 bridgehead atoms. The van der Waals surface area contributed by atoms with Crippen LogP contribution in [0.3, 0.4) is 0 Å². The highest BCUT2D eigenvalue weighted by Gasteiger charge is 2.20. The largest absolute Gasteiger partial charge is 0.460 e. The number of sulfone groups is 1. The number of Topliss-reactive ketones (excluding diaryl/α,β-unsaturated/α-hetero) is 2. The Morgan fingerprint density at radius 1 is 0.786 bits per heavy atom. The Balaban J connectivity index is 1.85. The Morgan fingerprint density at radius 2 is 1.45 bits per heavy atom. The zero-order chi connectivity index (χ0) is 31.2. The maximum atomic E-state index is 12.9. The number of rotatable bonds is 18. The zero-order valence-corrected chi connectivity index (χ0v) is 26.2. The molecule has 0 aliphatic rings. The first kappa shape index (κ1) is 34.9. The Labute approximate surface area is 250 Å². The van der Waals surface area contributed by atoms with Crippen LogP contribution in [-0.2, 0) is 53.0 Å². The van der Waals surface area contributed by atoms with E-state index in [1.165, 1.54) is 12.1 Å². The van der Waals surface area contributed by atoms with Crippen LogP contribution in [0.5, 0.6) is 0 Å². The first-order valence-corrected chi connectivity index (χ1v) is 16.3. The molecule has 0 radical (unpaired) electrons. The molecule has 2 rings (SSSR count). The van der Waals surface area contributed by atoms with Crippen molar-refractivity contribution in [3.63, 3.8) is 0 Å². The Hall–Kier alpha value is -3.33. The highest BCUT2D eigenvalue weighted by molar-refractivity contribution is 7.92. The second-order valence-corrected chi connectivity index (χ2v) is 13.6. The van der Waals surface area contributed by atoms with E-state index in [9.17, 15) is 27.6 Å². The van der Waals surface area contributed by atoms with Crippen LogP contribution >= 0.6 is 0 Å². The second-order valence-electron chi connectivity index (χ2n) is 11.6. The van der Waals surface area contributed by atoms with Gasteiger partial charge >= 0.3 is 5.97 Å². The van der Waals surface area contributed by atoms with E-state index in [2.05, 4.69) is 12.2 Å². The van der Waals surface area contributed by atoms with Crippen molar-refractivity contribution in [1.82, 2.24) is 5.32 Å². The van der Waals surface area contributed by atoms with E-state index in [-0.39, 0.29) is 48.4 Å². The lowest BCUT2D eigenvalue weighted by Crippen LogP contribution is -2.30. The van der Waals surface area contributed by atoms with Crippen LogP contribution in [0, 0.1) is 0 Å². The molecular weight excluding hydrogens is 554 g/mol. The number of carbonyl (C=O) groups is 4. The third-order valence-corrected chi connectivity index (χ3v) is 8.28. The number of aryl methyl sites for hydroxylation is 2. The number of carbonyl (C=O) groups excluding carboxylic acids is 4. The SMILES string of the molecule is CCCCCCC(=O)NCC(=O)Cc1ccccc1CCC(=O)CS(=O)(=O)c1ccc(CCC(=O)OC(C)(C)C)cc1. The maximum absolute atomic E-state index is 12.9. The van der Waals surface area contributed by atoms with Gasteiger partial charge in [0.05, 0.1) is 11.4 Å². The normalized spacial score (nSPS) is 11.6. The Bertz CT molecular complexity index is 1310. The van der Waals surface area contributed by atoms with Gasteiger partial charge in [0.25, 0.3) is 0 Å². The highest BCUT2D eigenvalue weighted by atomic mass is 32.2. The molecule has 1 amide bonds. The maximum Gasteiger partial charge on any atom is 0.306 e. The lowest BCUT2D eigenvalue weighted by atomic mass is 9.98. The van der Waals surface area contributed by atoms with E-state index < -0.39 is 27.0 Å². The minimum atomic E-state index is -3.83. The Kier molecular flexibility index (Phi) is 14.1. The number of hydrogen-bond donors (Lipinski definition) is 1. The standard InChI is InChI=1S/C33H45NO7S/c1-5-6-7-8-13-31(37)34-23-29(36)22-27-12-10-9-11-26(27)17-18-28(35)24-42(39,40)30-19-14-25(15-20-30)16-21-32(38)41-33(2,3)4/h9-12,14-15,19-20H,5-8,13,16-18,21-24H2,1-4H3,(H,34,37). The monoisotopic (exact) mass is 599 g/mol. The number of esters is 1. The molecule has 0 saturated carbocycles. The van der Waals surface area contributed by atoms with Crippen LogP contribution in [0.2, 0.25) is 0 Å². The molecule has 230 valence electrons. The number of amides is 1. The number of benzene rings is 2. The van der Waals surface area contributed by atoms with Crippen molar-refractivity contribution in [2.75, 3.05) is 12.3 Å². The summed E-state index contributed by atoms with van der Waals surface area (Å²) in [5.74, 6) is -1.62. The van der Waals surface area contributed by atoms with E-state index in [1.807, 2.05) is 24.3 Å². The number of unbranched alkanes of at least 4 members (excludes halogenated alkanes) is 3. The summed E-state index contributed by atoms with van der Waals surface area (Å²) in [6.07, 6.45) is 5.45. The van der Waals surface area contributed by atoms with Crippen LogP contribution in [0.4, 0.5) is 0 Å². The minimum Gasteiger partial charge on any atom is -0.460 e. The van der Waals surface area contributed by atoms with Crippen molar-refractivity contribution >= 4 is 33.3 Å². The van der Waals surface area contributed by atoms with Crippen LogP contribution < -0.4 is 5.32 Å². The van der Waals surface area contributed by atoms with E-state index >= 15 is 0 Å². The molecule has 2 aromatic rings. The molecule has 1 N–H and O–H groups in total. The zero-order valence-electron chi connectivity index (χ0n) is 25.4. The summed E-state index contributed by atoms with van der Waals surface area (Å²) < 4.78 is 31.0. The third-order valence-electron chi connectivity index (χ3n) is 6.59. The molecule has 0 unspecified atom stereocenters. The number of ketones is 2. The summed E-state index contributed by atoms with van der Waals surface area (Å²) >= 11 is 0. The van der Waals surface area contributed by atoms with Crippen LogP contribution in [0.15, 0.2) is 53.4 Å². The lowest BCUT2D eigenvalue weighted by Gasteiger charge is -2.19. The van der Waals surface area contributed by atoms with E-state index in [0.29, 0.717) is 19.3 Å². The van der Waals surface area contributed by atoms with Gasteiger partial charge < -0.3 is 10.1 Å². The lowest BCUT2D eigenvalue weighted by molar-refractivity contribution is -0.154. The Morgan fingerprint density at radius 3 is 2.10 bits per heavy atom. The fraction of sp³-hybridized carbons (Fsp3) is 0.515. The molecule has 0 saturated heterocycles. The van der Waals surface area contributed by atoms with Crippen molar-refractivity contribution in [2.45, 2.75) is 102 Å². The third kappa shape index (κ3) is 13.6. The summed E-state index contributed by atoms with van der Waals surface area (Å²) in [7, 11) is -3.83. The summed E-state index contributed by atoms with van der Waals surface area (Å²) in [6.45, 7) is 7.45. The van der Waals surface area contributed by atoms with E-state index in [0.717, 1.165) is 42.4 Å². The first-order valence-electron chi connectivity index (χ1n) is 14.7. The molecule has 0 aromatic heterocycles. The van der Waals surface area contributed by atoms with E-state index in [4.69, 9.17) is 4.74 Å². The van der Waals surface area contributed by atoms with Crippen LogP contribution in [0.1, 0.15) is 89.3 Å². The van der Waals surface area contributed by atoms with Crippen molar-refractivity contribution in [2.24, 2.45) is 0 Å². The predicted molar refractivity (Wildman–Crippen MR) is 163 cm³/mol. The van der Waals surface area contributed by atoms with Crippen LogP contribution in [-0.4, -0.2) is 49.8 Å². The molecule has 0 atom stereocenters. The summed E-state index contributed by atoms with van der Waals surface area (Å²) in [5.41, 5.74) is 1.80. The van der Waals surface area contributed by atoms with Crippen molar-refractivity contribution < 1.29 is 32.3 Å². The van der Waals surface area contributed by atoms with Gasteiger partial charge in [0.1, 0.15) is 17.1 Å². The van der Waals surface area contributed by atoms with Gasteiger partial charge in [-0.25, -0.2) is 8.42 Å². The van der Waals surface area contributed by atoms with Gasteiger partial charge in [-0.2, -0.15) is 0 Å². The molecule has 0 spiro atoms. The molecule has 0 aliphatic carbocycles. The quantitative estimate of drug-likeness (QED) is 0.186. The molecule has 0 aliphatic heterocycles. The van der Waals surface area contributed by atoms with Gasteiger partial charge in [-0.15, -0.1) is 0 Å². The van der Waals surface area contributed by atoms with Gasteiger partial charge in [0, 0.05) is 25.7 Å². The van der Waals surface area contributed by atoms with E-state index in [1.54, 1.807) is 32.9 Å². The molecule has 42 heavy (non-hydrogen) atoms. The van der Waals surface area contributed by atoms with Crippen molar-refractivity contribution in [1.29, 1.82) is 0 Å². The smallest absolute Gasteiger partial charge is 0.306 e. The van der Waals surface area contributed by atoms with Gasteiger partial charge in [-0.05, 0) is 68.9 Å². The molecule has 2 aromatic carbocycles. The fourth-order valence-electron chi connectivity index (χ4n) is 4.39. The number of ether oxygens (including phenoxy) is 1. The second kappa shape index (κ2) is 16.9. The first-order chi connectivity index (χ1) is 19.8. The minimum absolute atomic E-state index is 0.0207. The van der Waals surface area contributed by atoms with Gasteiger partial charge in [-0.3, -0.25) is 19.2 Å². The summed E-state index contributed by atoms with van der Waals surface area (Å²) in [5, 5.41) is 2.68. The number of nitrogens with one attached hydrogen (secondary N) is 1.